The summed E-state index contributed by atoms with van der Waals surface area (Å²) in [6, 6.07) is 6.00. The van der Waals surface area contributed by atoms with Crippen LogP contribution in [0.15, 0.2) is 18.2 Å². The lowest BCUT2D eigenvalue weighted by Gasteiger charge is -2.29. The number of aryl methyl sites for hydroxylation is 1. The van der Waals surface area contributed by atoms with E-state index in [4.69, 9.17) is 17.3 Å². The van der Waals surface area contributed by atoms with E-state index in [-0.39, 0.29) is 17.7 Å². The molecule has 0 saturated carbocycles. The minimum atomic E-state index is -0.465. The number of para-hydroxylation sites is 1. The van der Waals surface area contributed by atoms with Crippen LogP contribution in [0, 0.1) is 6.92 Å². The molecule has 0 saturated heterocycles. The number of amides is 1. The molecular formula is C15H20ClN3O. The van der Waals surface area contributed by atoms with Crippen molar-refractivity contribution in [3.8, 4) is 0 Å². The first-order valence-electron chi connectivity index (χ1n) is 6.65. The molecule has 5 heteroatoms. The van der Waals surface area contributed by atoms with Gasteiger partial charge in [0.2, 0.25) is 5.91 Å². The molecule has 1 heterocycles. The van der Waals surface area contributed by atoms with Crippen LogP contribution < -0.4 is 5.73 Å². The molecule has 1 amide bonds. The van der Waals surface area contributed by atoms with Gasteiger partial charge in [-0.15, -0.1) is 11.6 Å². The summed E-state index contributed by atoms with van der Waals surface area (Å²) in [5.74, 6) is 0.430. The number of carbonyl (C=O) groups excluding carboxylic acids is 1. The van der Waals surface area contributed by atoms with E-state index < -0.39 is 5.54 Å². The average molecular weight is 294 g/mol. The van der Waals surface area contributed by atoms with Crippen molar-refractivity contribution in [3.05, 3.63) is 29.6 Å². The zero-order chi connectivity index (χ0) is 15.1. The molecule has 4 nitrogen and oxygen atoms in total. The number of benzene rings is 1. The molecule has 0 spiro atoms. The molecule has 0 aliphatic carbocycles. The molecule has 2 N–H and O–H groups in total. The zero-order valence-corrected chi connectivity index (χ0v) is 13.0. The first kappa shape index (κ1) is 14.9. The molecule has 0 aliphatic heterocycles. The topological polar surface area (TPSA) is 60.9 Å². The number of halogens is 1. The number of hydrogen-bond acceptors (Lipinski definition) is 2. The fourth-order valence-electron chi connectivity index (χ4n) is 2.67. The fourth-order valence-corrected chi connectivity index (χ4v) is 2.81. The highest BCUT2D eigenvalue weighted by molar-refractivity contribution is 6.20. The van der Waals surface area contributed by atoms with Crippen LogP contribution >= 0.6 is 11.6 Å². The number of nitrogens with two attached hydrogens (primary N) is 1. The Balaban J connectivity index is 2.75. The van der Waals surface area contributed by atoms with Gasteiger partial charge in [-0.1, -0.05) is 12.1 Å². The number of hydrogen-bond donors (Lipinski definition) is 1. The number of nitrogens with zero attached hydrogens (tertiary/aromatic N) is 2. The number of fused-ring (bicyclic) bond motifs is 1. The van der Waals surface area contributed by atoms with Crippen LogP contribution in [-0.2, 0) is 10.3 Å². The quantitative estimate of drug-likeness (QED) is 0.880. The zero-order valence-electron chi connectivity index (χ0n) is 12.3. The van der Waals surface area contributed by atoms with Crippen molar-refractivity contribution in [2.24, 2.45) is 5.73 Å². The molecule has 108 valence electrons. The molecule has 0 radical (unpaired) electrons. The number of alkyl halides is 1. The summed E-state index contributed by atoms with van der Waals surface area (Å²) in [6.07, 6.45) is 0.239. The van der Waals surface area contributed by atoms with Gasteiger partial charge in [0.25, 0.3) is 0 Å². The largest absolute Gasteiger partial charge is 0.370 e. The number of imidazole rings is 1. The number of rotatable bonds is 4. The Hall–Kier alpha value is -1.55. The van der Waals surface area contributed by atoms with Crippen LogP contribution in [0.2, 0.25) is 0 Å². The van der Waals surface area contributed by atoms with Gasteiger partial charge in [0.1, 0.15) is 5.82 Å². The summed E-state index contributed by atoms with van der Waals surface area (Å²) >= 11 is 6.28. The van der Waals surface area contributed by atoms with E-state index in [0.29, 0.717) is 0 Å². The summed E-state index contributed by atoms with van der Waals surface area (Å²) in [4.78, 5) is 16.0. The first-order valence-corrected chi connectivity index (χ1v) is 7.08. The minimum absolute atomic E-state index is 0.239. The van der Waals surface area contributed by atoms with E-state index in [1.54, 1.807) is 0 Å². The molecule has 1 aromatic heterocycles. The highest BCUT2D eigenvalue weighted by Crippen LogP contribution is 2.33. The molecule has 0 fully saturated rings. The van der Waals surface area contributed by atoms with Gasteiger partial charge in [0.05, 0.1) is 16.4 Å². The highest BCUT2D eigenvalue weighted by Gasteiger charge is 2.29. The van der Waals surface area contributed by atoms with Gasteiger partial charge in [0, 0.05) is 12.0 Å². The molecule has 2 rings (SSSR count). The minimum Gasteiger partial charge on any atom is -0.370 e. The van der Waals surface area contributed by atoms with Crippen molar-refractivity contribution < 1.29 is 4.79 Å². The number of carbonyl (C=O) groups is 1. The number of primary amides is 1. The van der Waals surface area contributed by atoms with Gasteiger partial charge in [-0.25, -0.2) is 4.98 Å². The molecule has 1 unspecified atom stereocenters. The molecule has 1 aromatic carbocycles. The smallest absolute Gasteiger partial charge is 0.219 e. The molecule has 0 bridgehead atoms. The van der Waals surface area contributed by atoms with Crippen LogP contribution in [0.1, 0.15) is 44.0 Å². The first-order chi connectivity index (χ1) is 9.24. The van der Waals surface area contributed by atoms with Gasteiger partial charge in [-0.05, 0) is 39.3 Å². The van der Waals surface area contributed by atoms with E-state index in [9.17, 15) is 4.79 Å². The van der Waals surface area contributed by atoms with Crippen molar-refractivity contribution >= 4 is 28.5 Å². The van der Waals surface area contributed by atoms with Crippen molar-refractivity contribution in [2.75, 3.05) is 0 Å². The van der Waals surface area contributed by atoms with Crippen LogP contribution in [-0.4, -0.2) is 15.5 Å². The number of aromatic nitrogens is 2. The predicted molar refractivity (Wildman–Crippen MR) is 81.9 cm³/mol. The van der Waals surface area contributed by atoms with E-state index in [1.807, 2.05) is 50.5 Å². The maximum absolute atomic E-state index is 11.3. The van der Waals surface area contributed by atoms with E-state index in [0.717, 1.165) is 22.4 Å². The van der Waals surface area contributed by atoms with Crippen LogP contribution in [0.4, 0.5) is 0 Å². The summed E-state index contributed by atoms with van der Waals surface area (Å²) in [7, 11) is 0. The molecule has 20 heavy (non-hydrogen) atoms. The Morgan fingerprint density at radius 2 is 2.15 bits per heavy atom. The van der Waals surface area contributed by atoms with Gasteiger partial charge in [0.15, 0.2) is 0 Å². The maximum atomic E-state index is 11.3. The third-order valence-electron chi connectivity index (χ3n) is 3.48. The molecular weight excluding hydrogens is 274 g/mol. The molecule has 1 atom stereocenters. The summed E-state index contributed by atoms with van der Waals surface area (Å²) in [5, 5.41) is -0.242. The monoisotopic (exact) mass is 293 g/mol. The second-order valence-electron chi connectivity index (χ2n) is 5.82. The lowest BCUT2D eigenvalue weighted by molar-refractivity contribution is -0.119. The van der Waals surface area contributed by atoms with Crippen molar-refractivity contribution in [2.45, 2.75) is 45.0 Å². The molecule has 0 aliphatic rings. The lowest BCUT2D eigenvalue weighted by Crippen LogP contribution is -2.33. The third kappa shape index (κ3) is 2.52. The van der Waals surface area contributed by atoms with Gasteiger partial charge >= 0.3 is 0 Å². The van der Waals surface area contributed by atoms with Crippen molar-refractivity contribution in [1.82, 2.24) is 9.55 Å². The standard InChI is InChI=1S/C15H20ClN3O/c1-9-6-5-7-11-13(9)18-14(10(2)16)19(11)15(3,4)8-12(17)20/h5-7,10H,8H2,1-4H3,(H2,17,20). The van der Waals surface area contributed by atoms with Gasteiger partial charge < -0.3 is 10.3 Å². The van der Waals surface area contributed by atoms with E-state index >= 15 is 0 Å². The van der Waals surface area contributed by atoms with Crippen LogP contribution in [0.5, 0.6) is 0 Å². The normalized spacial score (nSPS) is 13.7. The summed E-state index contributed by atoms with van der Waals surface area (Å²) in [5.41, 5.74) is 7.91. The Bertz CT molecular complexity index is 658. The average Bonchev–Trinajstić information content (AvgIpc) is 2.68. The second kappa shape index (κ2) is 5.09. The Morgan fingerprint density at radius 1 is 1.50 bits per heavy atom. The third-order valence-corrected chi connectivity index (χ3v) is 3.68. The Kier molecular flexibility index (Phi) is 3.78. The lowest BCUT2D eigenvalue weighted by atomic mass is 9.99. The fraction of sp³-hybridized carbons (Fsp3) is 0.467. The molecule has 2 aromatic rings. The summed E-state index contributed by atoms with van der Waals surface area (Å²) < 4.78 is 2.04. The van der Waals surface area contributed by atoms with Crippen LogP contribution in [0.3, 0.4) is 0 Å². The maximum Gasteiger partial charge on any atom is 0.219 e. The Labute approximate surface area is 123 Å². The SMILES string of the molecule is Cc1cccc2c1nc(C(C)Cl)n2C(C)(C)CC(N)=O. The van der Waals surface area contributed by atoms with Gasteiger partial charge in [-0.3, -0.25) is 4.79 Å². The van der Waals surface area contributed by atoms with Crippen LogP contribution in [0.25, 0.3) is 11.0 Å². The highest BCUT2D eigenvalue weighted by atomic mass is 35.5. The van der Waals surface area contributed by atoms with Crippen molar-refractivity contribution in [3.63, 3.8) is 0 Å². The van der Waals surface area contributed by atoms with Gasteiger partial charge in [-0.2, -0.15) is 0 Å². The predicted octanol–water partition coefficient (Wildman–Crippen LogP) is 3.26. The van der Waals surface area contributed by atoms with E-state index in [2.05, 4.69) is 4.98 Å². The Morgan fingerprint density at radius 3 is 2.70 bits per heavy atom. The summed E-state index contributed by atoms with van der Waals surface area (Å²) in [6.45, 7) is 7.85. The second-order valence-corrected chi connectivity index (χ2v) is 6.47. The van der Waals surface area contributed by atoms with E-state index in [1.165, 1.54) is 0 Å². The van der Waals surface area contributed by atoms with Crippen molar-refractivity contribution in [1.29, 1.82) is 0 Å².